The van der Waals surface area contributed by atoms with E-state index in [1.165, 1.54) is 36.5 Å². The Morgan fingerprint density at radius 3 is 2.71 bits per heavy atom. The number of alkyl halides is 1. The molecular formula is C11H19IO2. The van der Waals surface area contributed by atoms with E-state index in [1.54, 1.807) is 0 Å². The molecule has 82 valence electrons. The lowest BCUT2D eigenvalue weighted by atomic mass is 9.80. The maximum atomic E-state index is 5.87. The van der Waals surface area contributed by atoms with Gasteiger partial charge in [0, 0.05) is 12.3 Å². The number of hydrogen-bond acceptors (Lipinski definition) is 2. The van der Waals surface area contributed by atoms with Crippen molar-refractivity contribution in [2.75, 3.05) is 17.6 Å². The van der Waals surface area contributed by atoms with E-state index < -0.39 is 0 Å². The Morgan fingerprint density at radius 1 is 1.21 bits per heavy atom. The van der Waals surface area contributed by atoms with Gasteiger partial charge in [-0.2, -0.15) is 0 Å². The minimum atomic E-state index is -0.163. The number of rotatable bonds is 3. The van der Waals surface area contributed by atoms with Crippen molar-refractivity contribution in [3.05, 3.63) is 0 Å². The first kappa shape index (κ1) is 11.1. The van der Waals surface area contributed by atoms with Gasteiger partial charge in [0.2, 0.25) is 0 Å². The normalized spacial score (nSPS) is 31.1. The monoisotopic (exact) mass is 310 g/mol. The van der Waals surface area contributed by atoms with Crippen molar-refractivity contribution in [3.63, 3.8) is 0 Å². The highest BCUT2D eigenvalue weighted by molar-refractivity contribution is 14.1. The van der Waals surface area contributed by atoms with E-state index in [4.69, 9.17) is 9.47 Å². The third-order valence-corrected chi connectivity index (χ3v) is 4.17. The molecule has 1 unspecified atom stereocenters. The second kappa shape index (κ2) is 5.12. The van der Waals surface area contributed by atoms with Gasteiger partial charge in [-0.25, -0.2) is 0 Å². The lowest BCUT2D eigenvalue weighted by Crippen LogP contribution is -2.41. The second-order valence-corrected chi connectivity index (χ2v) is 5.36. The summed E-state index contributed by atoms with van der Waals surface area (Å²) in [6.45, 7) is 1.61. The van der Waals surface area contributed by atoms with Crippen molar-refractivity contribution in [2.45, 2.75) is 44.3 Å². The molecule has 0 aromatic heterocycles. The molecule has 0 N–H and O–H groups in total. The SMILES string of the molecule is ICCCC1CCCCC12OCCO2. The van der Waals surface area contributed by atoms with Gasteiger partial charge in [0.25, 0.3) is 0 Å². The van der Waals surface area contributed by atoms with Gasteiger partial charge in [-0.1, -0.05) is 29.0 Å². The van der Waals surface area contributed by atoms with E-state index in [1.807, 2.05) is 0 Å². The summed E-state index contributed by atoms with van der Waals surface area (Å²) in [4.78, 5) is 0. The topological polar surface area (TPSA) is 18.5 Å². The summed E-state index contributed by atoms with van der Waals surface area (Å²) < 4.78 is 13.0. The molecule has 0 radical (unpaired) electrons. The quantitative estimate of drug-likeness (QED) is 0.589. The summed E-state index contributed by atoms with van der Waals surface area (Å²) in [5, 5.41) is 0. The van der Waals surface area contributed by atoms with Crippen LogP contribution in [0, 0.1) is 5.92 Å². The van der Waals surface area contributed by atoms with Crippen LogP contribution >= 0.6 is 22.6 Å². The fourth-order valence-electron chi connectivity index (χ4n) is 2.72. The molecule has 1 saturated heterocycles. The molecule has 1 spiro atoms. The maximum Gasteiger partial charge on any atom is 0.171 e. The van der Waals surface area contributed by atoms with Crippen LogP contribution in [0.3, 0.4) is 0 Å². The Labute approximate surface area is 99.9 Å². The van der Waals surface area contributed by atoms with E-state index in [9.17, 15) is 0 Å². The van der Waals surface area contributed by atoms with E-state index in [-0.39, 0.29) is 5.79 Å². The van der Waals surface area contributed by atoms with Gasteiger partial charge in [0.1, 0.15) is 0 Å². The van der Waals surface area contributed by atoms with Gasteiger partial charge in [0.15, 0.2) is 5.79 Å². The van der Waals surface area contributed by atoms with Gasteiger partial charge in [0.05, 0.1) is 13.2 Å². The van der Waals surface area contributed by atoms with Crippen molar-refractivity contribution in [1.29, 1.82) is 0 Å². The van der Waals surface area contributed by atoms with Crippen LogP contribution in [0.25, 0.3) is 0 Å². The number of hydrogen-bond donors (Lipinski definition) is 0. The lowest BCUT2D eigenvalue weighted by Gasteiger charge is -2.39. The van der Waals surface area contributed by atoms with Crippen LogP contribution in [0.2, 0.25) is 0 Å². The van der Waals surface area contributed by atoms with Crippen molar-refractivity contribution in [3.8, 4) is 0 Å². The van der Waals surface area contributed by atoms with Crippen LogP contribution in [0.1, 0.15) is 38.5 Å². The van der Waals surface area contributed by atoms with Crippen molar-refractivity contribution in [2.24, 2.45) is 5.92 Å². The third-order valence-electron chi connectivity index (χ3n) is 3.41. The molecule has 1 aliphatic heterocycles. The van der Waals surface area contributed by atoms with Crippen molar-refractivity contribution in [1.82, 2.24) is 0 Å². The molecule has 2 aliphatic rings. The van der Waals surface area contributed by atoms with Gasteiger partial charge in [-0.05, 0) is 30.1 Å². The van der Waals surface area contributed by atoms with Crippen LogP contribution in [-0.4, -0.2) is 23.4 Å². The summed E-state index contributed by atoms with van der Waals surface area (Å²) >= 11 is 2.45. The Bertz CT molecular complexity index is 178. The average Bonchev–Trinajstić information content (AvgIpc) is 2.66. The second-order valence-electron chi connectivity index (χ2n) is 4.28. The predicted octanol–water partition coefficient (Wildman–Crippen LogP) is 3.13. The van der Waals surface area contributed by atoms with Gasteiger partial charge in [-0.15, -0.1) is 0 Å². The lowest BCUT2D eigenvalue weighted by molar-refractivity contribution is -0.213. The summed E-state index contributed by atoms with van der Waals surface area (Å²) in [5.41, 5.74) is 0. The molecule has 0 bridgehead atoms. The molecule has 1 atom stereocenters. The molecule has 1 saturated carbocycles. The molecule has 2 fully saturated rings. The van der Waals surface area contributed by atoms with Crippen LogP contribution in [0.4, 0.5) is 0 Å². The van der Waals surface area contributed by atoms with Crippen LogP contribution in [0.5, 0.6) is 0 Å². The van der Waals surface area contributed by atoms with Crippen LogP contribution in [0.15, 0.2) is 0 Å². The first-order valence-corrected chi connectivity index (χ1v) is 7.24. The van der Waals surface area contributed by atoms with Gasteiger partial charge >= 0.3 is 0 Å². The Balaban J connectivity index is 1.95. The molecule has 1 heterocycles. The maximum absolute atomic E-state index is 5.87. The molecule has 0 amide bonds. The highest BCUT2D eigenvalue weighted by Crippen LogP contribution is 2.42. The fourth-order valence-corrected chi connectivity index (χ4v) is 3.16. The minimum Gasteiger partial charge on any atom is -0.347 e. The Morgan fingerprint density at radius 2 is 2.00 bits per heavy atom. The minimum absolute atomic E-state index is 0.163. The smallest absolute Gasteiger partial charge is 0.171 e. The summed E-state index contributed by atoms with van der Waals surface area (Å²) in [7, 11) is 0. The van der Waals surface area contributed by atoms with E-state index in [0.717, 1.165) is 19.6 Å². The first-order valence-electron chi connectivity index (χ1n) is 5.71. The molecule has 0 aromatic carbocycles. The third kappa shape index (κ3) is 2.25. The Hall–Kier alpha value is 0.650. The van der Waals surface area contributed by atoms with Crippen LogP contribution < -0.4 is 0 Å². The highest BCUT2D eigenvalue weighted by atomic mass is 127. The zero-order valence-corrected chi connectivity index (χ0v) is 10.8. The standard InChI is InChI=1S/C11H19IO2/c12-7-3-5-10-4-1-2-6-11(10)13-8-9-14-11/h10H,1-9H2. The predicted molar refractivity (Wildman–Crippen MR) is 64.7 cm³/mol. The fraction of sp³-hybridized carbons (Fsp3) is 1.00. The summed E-state index contributed by atoms with van der Waals surface area (Å²) in [6, 6.07) is 0. The molecule has 0 aromatic rings. The highest BCUT2D eigenvalue weighted by Gasteiger charge is 2.45. The van der Waals surface area contributed by atoms with E-state index in [2.05, 4.69) is 22.6 Å². The van der Waals surface area contributed by atoms with Gasteiger partial charge in [-0.3, -0.25) is 0 Å². The van der Waals surface area contributed by atoms with E-state index >= 15 is 0 Å². The molecule has 3 heteroatoms. The van der Waals surface area contributed by atoms with Crippen LogP contribution in [-0.2, 0) is 9.47 Å². The number of halogens is 1. The molecular weight excluding hydrogens is 291 g/mol. The largest absolute Gasteiger partial charge is 0.347 e. The molecule has 14 heavy (non-hydrogen) atoms. The number of ether oxygens (including phenoxy) is 2. The zero-order valence-electron chi connectivity index (χ0n) is 8.64. The molecule has 2 nitrogen and oxygen atoms in total. The average molecular weight is 310 g/mol. The molecule has 1 aliphatic carbocycles. The molecule has 2 rings (SSSR count). The summed E-state index contributed by atoms with van der Waals surface area (Å²) in [5.74, 6) is 0.498. The van der Waals surface area contributed by atoms with Crippen molar-refractivity contribution < 1.29 is 9.47 Å². The zero-order chi connectivity index (χ0) is 9.86. The van der Waals surface area contributed by atoms with E-state index in [0.29, 0.717) is 5.92 Å². The Kier molecular flexibility index (Phi) is 4.08. The summed E-state index contributed by atoms with van der Waals surface area (Å²) in [6.07, 6.45) is 7.65. The van der Waals surface area contributed by atoms with Crippen molar-refractivity contribution >= 4 is 22.6 Å². The van der Waals surface area contributed by atoms with Gasteiger partial charge < -0.3 is 9.47 Å². The first-order chi connectivity index (χ1) is 6.87.